The van der Waals surface area contributed by atoms with Gasteiger partial charge < -0.3 is 9.64 Å². The molecule has 2 aromatic carbocycles. The van der Waals surface area contributed by atoms with E-state index < -0.39 is 0 Å². The van der Waals surface area contributed by atoms with E-state index in [1.54, 1.807) is 7.11 Å². The maximum atomic E-state index is 5.28. The molecule has 1 saturated heterocycles. The molecule has 1 aliphatic heterocycles. The zero-order chi connectivity index (χ0) is 23.4. The molecule has 0 aliphatic carbocycles. The first-order valence-electron chi connectivity index (χ1n) is 12.1. The van der Waals surface area contributed by atoms with Gasteiger partial charge in [-0.05, 0) is 83.0 Å². The van der Waals surface area contributed by atoms with Gasteiger partial charge in [-0.2, -0.15) is 5.10 Å². The van der Waals surface area contributed by atoms with Crippen LogP contribution in [-0.2, 0) is 12.0 Å². The minimum atomic E-state index is -0.0454. The molecule has 1 fully saturated rings. The summed E-state index contributed by atoms with van der Waals surface area (Å²) in [6, 6.07) is 19.5. The summed E-state index contributed by atoms with van der Waals surface area (Å²) in [5, 5.41) is 5.01. The number of rotatable bonds is 7. The van der Waals surface area contributed by atoms with Crippen molar-refractivity contribution in [3.8, 4) is 17.0 Å². The van der Waals surface area contributed by atoms with E-state index in [0.717, 1.165) is 51.3 Å². The molecule has 0 bridgehead atoms. The summed E-state index contributed by atoms with van der Waals surface area (Å²) in [6.45, 7) is 14.3. The Hall–Kier alpha value is -2.79. The Morgan fingerprint density at radius 2 is 1.58 bits per heavy atom. The number of hydrogen-bond acceptors (Lipinski definition) is 4. The highest BCUT2D eigenvalue weighted by Crippen LogP contribution is 2.27. The van der Waals surface area contributed by atoms with Gasteiger partial charge in [0.15, 0.2) is 0 Å². The second-order valence-electron chi connectivity index (χ2n) is 10.1. The number of anilines is 1. The predicted molar refractivity (Wildman–Crippen MR) is 137 cm³/mol. The van der Waals surface area contributed by atoms with Crippen LogP contribution in [-0.4, -0.2) is 54.5 Å². The van der Waals surface area contributed by atoms with Crippen LogP contribution in [0.4, 0.5) is 5.69 Å². The molecular weight excluding hydrogens is 408 g/mol. The van der Waals surface area contributed by atoms with Gasteiger partial charge in [0, 0.05) is 31.9 Å². The standard InChI is InChI=1S/C28H38N4O/c1-22-8-10-23(11-9-22)27-21-24(29-32(27)28(2,3)4)7-6-16-30-17-19-31(20-18-30)25-12-14-26(33-5)15-13-25/h8-15,21H,6-7,16-20H2,1-5H3. The van der Waals surface area contributed by atoms with Crippen LogP contribution in [0.25, 0.3) is 11.3 Å². The van der Waals surface area contributed by atoms with Gasteiger partial charge in [-0.1, -0.05) is 29.8 Å². The first-order valence-corrected chi connectivity index (χ1v) is 12.1. The minimum absolute atomic E-state index is 0.0454. The third-order valence-electron chi connectivity index (χ3n) is 6.46. The Morgan fingerprint density at radius 1 is 0.909 bits per heavy atom. The van der Waals surface area contributed by atoms with Gasteiger partial charge in [0.1, 0.15) is 5.75 Å². The lowest BCUT2D eigenvalue weighted by molar-refractivity contribution is 0.254. The van der Waals surface area contributed by atoms with E-state index in [-0.39, 0.29) is 5.54 Å². The molecule has 5 heteroatoms. The second-order valence-corrected chi connectivity index (χ2v) is 10.1. The molecule has 1 aliphatic rings. The fourth-order valence-electron chi connectivity index (χ4n) is 4.50. The molecule has 0 atom stereocenters. The number of ether oxygens (including phenoxy) is 1. The fraction of sp³-hybridized carbons (Fsp3) is 0.464. The number of piperazine rings is 1. The molecule has 0 spiro atoms. The summed E-state index contributed by atoms with van der Waals surface area (Å²) in [4.78, 5) is 5.05. The van der Waals surface area contributed by atoms with Gasteiger partial charge in [-0.3, -0.25) is 9.58 Å². The van der Waals surface area contributed by atoms with Gasteiger partial charge in [0.25, 0.3) is 0 Å². The van der Waals surface area contributed by atoms with Crippen molar-refractivity contribution in [3.05, 3.63) is 65.9 Å². The maximum Gasteiger partial charge on any atom is 0.119 e. The monoisotopic (exact) mass is 446 g/mol. The lowest BCUT2D eigenvalue weighted by atomic mass is 10.1. The summed E-state index contributed by atoms with van der Waals surface area (Å²) < 4.78 is 7.47. The topological polar surface area (TPSA) is 33.5 Å². The lowest BCUT2D eigenvalue weighted by Crippen LogP contribution is -2.46. The van der Waals surface area contributed by atoms with Crippen molar-refractivity contribution in [3.63, 3.8) is 0 Å². The molecule has 3 aromatic rings. The molecule has 0 unspecified atom stereocenters. The summed E-state index contributed by atoms with van der Waals surface area (Å²) >= 11 is 0. The Kier molecular flexibility index (Phi) is 7.08. The number of methoxy groups -OCH3 is 1. The van der Waals surface area contributed by atoms with E-state index >= 15 is 0 Å². The molecule has 176 valence electrons. The van der Waals surface area contributed by atoms with E-state index in [0.29, 0.717) is 0 Å². The van der Waals surface area contributed by atoms with Crippen LogP contribution < -0.4 is 9.64 Å². The molecule has 0 amide bonds. The third-order valence-corrected chi connectivity index (χ3v) is 6.46. The predicted octanol–water partition coefficient (Wildman–Crippen LogP) is 5.38. The van der Waals surface area contributed by atoms with Gasteiger partial charge in [0.05, 0.1) is 24.0 Å². The van der Waals surface area contributed by atoms with Gasteiger partial charge in [-0.25, -0.2) is 0 Å². The van der Waals surface area contributed by atoms with E-state index in [1.165, 1.54) is 28.2 Å². The van der Waals surface area contributed by atoms with Crippen LogP contribution in [0.5, 0.6) is 5.75 Å². The number of benzene rings is 2. The quantitative estimate of drug-likeness (QED) is 0.488. The minimum Gasteiger partial charge on any atom is -0.497 e. The van der Waals surface area contributed by atoms with Crippen LogP contribution in [0.3, 0.4) is 0 Å². The highest BCUT2D eigenvalue weighted by Gasteiger charge is 2.21. The average molecular weight is 447 g/mol. The molecule has 0 radical (unpaired) electrons. The highest BCUT2D eigenvalue weighted by atomic mass is 16.5. The lowest BCUT2D eigenvalue weighted by Gasteiger charge is -2.36. The molecule has 33 heavy (non-hydrogen) atoms. The van der Waals surface area contributed by atoms with Gasteiger partial charge >= 0.3 is 0 Å². The largest absolute Gasteiger partial charge is 0.497 e. The summed E-state index contributed by atoms with van der Waals surface area (Å²) in [6.07, 6.45) is 2.15. The molecule has 0 N–H and O–H groups in total. The summed E-state index contributed by atoms with van der Waals surface area (Å²) in [5.74, 6) is 0.914. The molecule has 2 heterocycles. The maximum absolute atomic E-state index is 5.28. The van der Waals surface area contributed by atoms with Crippen LogP contribution in [0.1, 0.15) is 38.4 Å². The number of aryl methyl sites for hydroxylation is 2. The average Bonchev–Trinajstić information content (AvgIpc) is 3.25. The van der Waals surface area contributed by atoms with E-state index in [2.05, 4.69) is 84.6 Å². The second kappa shape index (κ2) is 10.0. The normalized spacial score (nSPS) is 15.1. The molecular formula is C28H38N4O. The van der Waals surface area contributed by atoms with Crippen molar-refractivity contribution >= 4 is 5.69 Å². The van der Waals surface area contributed by atoms with Crippen LogP contribution in [0.2, 0.25) is 0 Å². The van der Waals surface area contributed by atoms with Crippen molar-refractivity contribution in [1.82, 2.24) is 14.7 Å². The summed E-state index contributed by atoms with van der Waals surface area (Å²) in [7, 11) is 1.71. The number of hydrogen-bond donors (Lipinski definition) is 0. The first-order chi connectivity index (χ1) is 15.8. The molecule has 4 rings (SSSR count). The van der Waals surface area contributed by atoms with E-state index in [4.69, 9.17) is 9.84 Å². The molecule has 5 nitrogen and oxygen atoms in total. The van der Waals surface area contributed by atoms with Crippen molar-refractivity contribution in [2.75, 3.05) is 44.7 Å². The Balaban J connectivity index is 1.32. The Bertz CT molecular complexity index is 1020. The molecule has 0 saturated carbocycles. The third kappa shape index (κ3) is 5.77. The molecule has 1 aromatic heterocycles. The van der Waals surface area contributed by atoms with Gasteiger partial charge in [0.2, 0.25) is 0 Å². The SMILES string of the molecule is COc1ccc(N2CCN(CCCc3cc(-c4ccc(C)cc4)n(C(C)(C)C)n3)CC2)cc1. The van der Waals surface area contributed by atoms with Crippen LogP contribution >= 0.6 is 0 Å². The Labute approximate surface area is 199 Å². The number of aromatic nitrogens is 2. The van der Waals surface area contributed by atoms with E-state index in [9.17, 15) is 0 Å². The smallest absolute Gasteiger partial charge is 0.119 e. The highest BCUT2D eigenvalue weighted by molar-refractivity contribution is 5.61. The zero-order valence-corrected chi connectivity index (χ0v) is 20.8. The van der Waals surface area contributed by atoms with Gasteiger partial charge in [-0.15, -0.1) is 0 Å². The van der Waals surface area contributed by atoms with Crippen molar-refractivity contribution in [2.24, 2.45) is 0 Å². The van der Waals surface area contributed by atoms with Crippen molar-refractivity contribution in [1.29, 1.82) is 0 Å². The number of nitrogens with zero attached hydrogens (tertiary/aromatic N) is 4. The zero-order valence-electron chi connectivity index (χ0n) is 20.8. The van der Waals surface area contributed by atoms with Crippen molar-refractivity contribution in [2.45, 2.75) is 46.1 Å². The van der Waals surface area contributed by atoms with Crippen LogP contribution in [0.15, 0.2) is 54.6 Å². The van der Waals surface area contributed by atoms with Crippen LogP contribution in [0, 0.1) is 6.92 Å². The van der Waals surface area contributed by atoms with E-state index in [1.807, 2.05) is 12.1 Å². The summed E-state index contributed by atoms with van der Waals surface area (Å²) in [5.41, 5.74) is 6.17. The Morgan fingerprint density at radius 3 is 2.18 bits per heavy atom. The first kappa shape index (κ1) is 23.4. The van der Waals surface area contributed by atoms with Crippen molar-refractivity contribution < 1.29 is 4.74 Å². The fourth-order valence-corrected chi connectivity index (χ4v) is 4.50.